The number of halogens is 2. The monoisotopic (exact) mass is 682 g/mol. The average Bonchev–Trinajstić information content (AvgIpc) is 3.45. The second kappa shape index (κ2) is 12.6. The van der Waals surface area contributed by atoms with Gasteiger partial charge in [0.15, 0.2) is 0 Å². The Bertz CT molecular complexity index is 2270. The molecular formula is C44H40Cl2N2O. The third-order valence-electron chi connectivity index (χ3n) is 9.12. The number of benzene rings is 6. The van der Waals surface area contributed by atoms with Gasteiger partial charge in [-0.25, -0.2) is 0 Å². The molecule has 7 aromatic rings. The third-order valence-corrected chi connectivity index (χ3v) is 9.93. The van der Waals surface area contributed by atoms with Gasteiger partial charge in [-0.1, -0.05) is 119 Å². The highest BCUT2D eigenvalue weighted by atomic mass is 35.5. The number of hydrogen-bond acceptors (Lipinski definition) is 3. The van der Waals surface area contributed by atoms with Gasteiger partial charge in [0, 0.05) is 39.2 Å². The Hall–Kier alpha value is -4.70. The largest absolute Gasteiger partial charge is 0.456 e. The summed E-state index contributed by atoms with van der Waals surface area (Å²) in [6.07, 6.45) is 0. The fourth-order valence-electron chi connectivity index (χ4n) is 6.38. The van der Waals surface area contributed by atoms with Crippen LogP contribution in [0.5, 0.6) is 0 Å². The summed E-state index contributed by atoms with van der Waals surface area (Å²) in [5, 5.41) is 3.18. The Morgan fingerprint density at radius 3 is 1.59 bits per heavy atom. The van der Waals surface area contributed by atoms with Crippen LogP contribution >= 0.6 is 23.2 Å². The summed E-state index contributed by atoms with van der Waals surface area (Å²) in [6, 6.07) is 46.6. The number of para-hydroxylation sites is 1. The van der Waals surface area contributed by atoms with Gasteiger partial charge in [0.2, 0.25) is 0 Å². The molecule has 0 fully saturated rings. The Morgan fingerprint density at radius 2 is 0.959 bits per heavy atom. The second-order valence-electron chi connectivity index (χ2n) is 14.6. The van der Waals surface area contributed by atoms with E-state index in [1.54, 1.807) is 0 Å². The third kappa shape index (κ3) is 6.41. The molecule has 0 amide bonds. The number of rotatable bonds is 6. The molecule has 0 N–H and O–H groups in total. The maximum Gasteiger partial charge on any atom is 0.135 e. The van der Waals surface area contributed by atoms with Crippen molar-refractivity contribution >= 4 is 79.3 Å². The van der Waals surface area contributed by atoms with Crippen molar-refractivity contribution in [1.29, 1.82) is 0 Å². The van der Waals surface area contributed by atoms with Crippen molar-refractivity contribution in [3.05, 3.63) is 155 Å². The molecule has 0 aliphatic carbocycles. The molecule has 1 heterocycles. The van der Waals surface area contributed by atoms with Crippen LogP contribution in [-0.2, 0) is 10.8 Å². The van der Waals surface area contributed by atoms with Crippen LogP contribution in [0.4, 0.5) is 34.1 Å². The molecule has 6 aromatic carbocycles. The number of hydrogen-bond donors (Lipinski definition) is 0. The predicted octanol–water partition coefficient (Wildman–Crippen LogP) is 14.4. The first kappa shape index (κ1) is 32.8. The van der Waals surface area contributed by atoms with Crippen LogP contribution < -0.4 is 9.80 Å². The standard InChI is InChI=1S/C44H40Cl2N2O/c1-43(2,3)29-17-21-31(22-18-29)47(35-25-26-41-37(28-35)36-13-7-8-16-40(36)49-41)33-11-9-12-34(27-33)48(39-15-10-14-38(45)42(39)46)32-23-19-30(20-24-32)44(4,5)6/h7-28H,1-6H3. The van der Waals surface area contributed by atoms with E-state index in [2.05, 4.69) is 154 Å². The van der Waals surface area contributed by atoms with Gasteiger partial charge in [0.25, 0.3) is 0 Å². The lowest BCUT2D eigenvalue weighted by Gasteiger charge is -2.30. The van der Waals surface area contributed by atoms with Gasteiger partial charge in [0.1, 0.15) is 11.2 Å². The minimum atomic E-state index is 0.0292. The molecule has 5 heteroatoms. The minimum absolute atomic E-state index is 0.0292. The normalized spacial score (nSPS) is 12.1. The van der Waals surface area contributed by atoms with E-state index in [-0.39, 0.29) is 10.8 Å². The smallest absolute Gasteiger partial charge is 0.135 e. The Kier molecular flexibility index (Phi) is 8.47. The molecule has 49 heavy (non-hydrogen) atoms. The molecule has 0 spiro atoms. The van der Waals surface area contributed by atoms with E-state index in [1.165, 1.54) is 11.1 Å². The highest BCUT2D eigenvalue weighted by molar-refractivity contribution is 6.44. The molecule has 0 unspecified atom stereocenters. The predicted molar refractivity (Wildman–Crippen MR) is 211 cm³/mol. The molecule has 1 aromatic heterocycles. The zero-order chi connectivity index (χ0) is 34.5. The average molecular weight is 684 g/mol. The van der Waals surface area contributed by atoms with Crippen molar-refractivity contribution in [2.45, 2.75) is 52.4 Å². The van der Waals surface area contributed by atoms with Crippen LogP contribution in [0.1, 0.15) is 52.7 Å². The summed E-state index contributed by atoms with van der Waals surface area (Å²) in [5.41, 5.74) is 10.2. The van der Waals surface area contributed by atoms with Crippen LogP contribution in [0.2, 0.25) is 10.0 Å². The lowest BCUT2D eigenvalue weighted by Crippen LogP contribution is -2.15. The van der Waals surface area contributed by atoms with Crippen LogP contribution in [0.3, 0.4) is 0 Å². The van der Waals surface area contributed by atoms with Gasteiger partial charge in [-0.05, 0) is 101 Å². The molecule has 246 valence electrons. The van der Waals surface area contributed by atoms with Crippen molar-refractivity contribution in [1.82, 2.24) is 0 Å². The lowest BCUT2D eigenvalue weighted by atomic mass is 9.87. The number of fused-ring (bicyclic) bond motifs is 3. The van der Waals surface area contributed by atoms with E-state index < -0.39 is 0 Å². The summed E-state index contributed by atoms with van der Waals surface area (Å²) in [6.45, 7) is 13.4. The van der Waals surface area contributed by atoms with Crippen molar-refractivity contribution in [3.63, 3.8) is 0 Å². The van der Waals surface area contributed by atoms with Gasteiger partial charge < -0.3 is 14.2 Å². The van der Waals surface area contributed by atoms with Gasteiger partial charge in [-0.15, -0.1) is 0 Å². The Labute approximate surface area is 299 Å². The summed E-state index contributed by atoms with van der Waals surface area (Å²) < 4.78 is 6.20. The molecule has 0 saturated carbocycles. The molecule has 0 aliphatic heterocycles. The zero-order valence-electron chi connectivity index (χ0n) is 28.8. The van der Waals surface area contributed by atoms with Crippen LogP contribution in [-0.4, -0.2) is 0 Å². The first-order chi connectivity index (χ1) is 23.4. The summed E-state index contributed by atoms with van der Waals surface area (Å²) in [4.78, 5) is 4.48. The van der Waals surface area contributed by atoms with Gasteiger partial charge in [-0.3, -0.25) is 0 Å². The Morgan fingerprint density at radius 1 is 0.449 bits per heavy atom. The highest BCUT2D eigenvalue weighted by Gasteiger charge is 2.22. The SMILES string of the molecule is CC(C)(C)c1ccc(N(c2cccc(N(c3ccc(C(C)(C)C)cc3)c3cccc(Cl)c3Cl)c2)c2ccc3oc4ccccc4c3c2)cc1. The van der Waals surface area contributed by atoms with Crippen LogP contribution in [0.25, 0.3) is 21.9 Å². The number of nitrogens with zero attached hydrogens (tertiary/aromatic N) is 2. The minimum Gasteiger partial charge on any atom is -0.456 e. The van der Waals surface area contributed by atoms with E-state index in [0.717, 1.165) is 56.1 Å². The van der Waals surface area contributed by atoms with Crippen molar-refractivity contribution in [2.24, 2.45) is 0 Å². The lowest BCUT2D eigenvalue weighted by molar-refractivity contribution is 0.590. The topological polar surface area (TPSA) is 19.6 Å². The molecule has 7 rings (SSSR count). The maximum absolute atomic E-state index is 6.94. The van der Waals surface area contributed by atoms with Crippen molar-refractivity contribution in [2.75, 3.05) is 9.80 Å². The van der Waals surface area contributed by atoms with E-state index in [9.17, 15) is 0 Å². The molecule has 0 radical (unpaired) electrons. The van der Waals surface area contributed by atoms with E-state index in [4.69, 9.17) is 27.6 Å². The first-order valence-corrected chi connectivity index (χ1v) is 17.4. The summed E-state index contributed by atoms with van der Waals surface area (Å²) >= 11 is 13.5. The van der Waals surface area contributed by atoms with Crippen LogP contribution in [0.15, 0.2) is 138 Å². The maximum atomic E-state index is 6.94. The molecule has 0 aliphatic rings. The zero-order valence-corrected chi connectivity index (χ0v) is 30.3. The fourth-order valence-corrected chi connectivity index (χ4v) is 6.76. The Balaban J connectivity index is 1.41. The van der Waals surface area contributed by atoms with Gasteiger partial charge >= 0.3 is 0 Å². The number of anilines is 6. The molecule has 3 nitrogen and oxygen atoms in total. The number of furan rings is 1. The fraction of sp³-hybridized carbons (Fsp3) is 0.182. The van der Waals surface area contributed by atoms with E-state index in [0.29, 0.717) is 10.0 Å². The first-order valence-electron chi connectivity index (χ1n) is 16.7. The van der Waals surface area contributed by atoms with Gasteiger partial charge in [0.05, 0.1) is 15.7 Å². The van der Waals surface area contributed by atoms with Crippen molar-refractivity contribution < 1.29 is 4.42 Å². The summed E-state index contributed by atoms with van der Waals surface area (Å²) in [5.74, 6) is 0. The molecular weight excluding hydrogens is 643 g/mol. The second-order valence-corrected chi connectivity index (χ2v) is 15.4. The molecule has 0 saturated heterocycles. The molecule has 0 bridgehead atoms. The van der Waals surface area contributed by atoms with Gasteiger partial charge in [-0.2, -0.15) is 0 Å². The quantitative estimate of drug-likeness (QED) is 0.174. The summed E-state index contributed by atoms with van der Waals surface area (Å²) in [7, 11) is 0. The van der Waals surface area contributed by atoms with Crippen LogP contribution in [0, 0.1) is 0 Å². The molecule has 0 atom stereocenters. The van der Waals surface area contributed by atoms with E-state index >= 15 is 0 Å². The highest BCUT2D eigenvalue weighted by Crippen LogP contribution is 2.45. The van der Waals surface area contributed by atoms with Crippen molar-refractivity contribution in [3.8, 4) is 0 Å². The van der Waals surface area contributed by atoms with E-state index in [1.807, 2.05) is 30.3 Å².